The van der Waals surface area contributed by atoms with Gasteiger partial charge in [-0.05, 0) is 35.4 Å². The molecule has 0 spiro atoms. The number of aromatic carboxylic acids is 4. The first-order valence-corrected chi connectivity index (χ1v) is 10.4. The van der Waals surface area contributed by atoms with Crippen molar-refractivity contribution >= 4 is 23.9 Å². The van der Waals surface area contributed by atoms with E-state index in [2.05, 4.69) is 48.5 Å². The molecule has 0 aliphatic rings. The van der Waals surface area contributed by atoms with E-state index in [4.69, 9.17) is 20.4 Å². The van der Waals surface area contributed by atoms with Gasteiger partial charge in [-0.2, -0.15) is 0 Å². The normalized spacial score (nSPS) is 9.44. The standard InChI is InChI=1S/C12H10.2C8H6O4/c1-3-7-11(8-4-1)12-9-5-2-6-10-12;2*9-7(10)5-3-1-2-4-6(5)8(11)12/h1-10H;2*1-4H,(H,9,10)(H,11,12). The SMILES string of the molecule is O=C(O)c1ccccc1C(=O)O.O=C(O)c1ccccc1C(=O)O.c1ccc(-c2ccccc2)cc1. The maximum atomic E-state index is 10.5. The van der Waals surface area contributed by atoms with Gasteiger partial charge in [0, 0.05) is 0 Å². The van der Waals surface area contributed by atoms with E-state index < -0.39 is 23.9 Å². The van der Waals surface area contributed by atoms with Crippen LogP contribution >= 0.6 is 0 Å². The summed E-state index contributed by atoms with van der Waals surface area (Å²) in [5, 5.41) is 34.2. The van der Waals surface area contributed by atoms with Gasteiger partial charge >= 0.3 is 23.9 Å². The minimum absolute atomic E-state index is 0.190. The topological polar surface area (TPSA) is 149 Å². The van der Waals surface area contributed by atoms with Gasteiger partial charge in [0.05, 0.1) is 22.3 Å². The summed E-state index contributed by atoms with van der Waals surface area (Å²) in [7, 11) is 0. The predicted molar refractivity (Wildman–Crippen MR) is 133 cm³/mol. The zero-order chi connectivity index (χ0) is 26.5. The summed E-state index contributed by atoms with van der Waals surface area (Å²) in [6, 6.07) is 31.7. The Morgan fingerprint density at radius 1 is 0.333 bits per heavy atom. The molecular formula is C28H22O8. The first-order chi connectivity index (χ1) is 17.2. The van der Waals surface area contributed by atoms with Crippen molar-refractivity contribution in [1.82, 2.24) is 0 Å². The number of rotatable bonds is 5. The highest BCUT2D eigenvalue weighted by atomic mass is 16.4. The van der Waals surface area contributed by atoms with Crippen molar-refractivity contribution in [2.75, 3.05) is 0 Å². The van der Waals surface area contributed by atoms with E-state index in [0.29, 0.717) is 0 Å². The van der Waals surface area contributed by atoms with Gasteiger partial charge in [0.25, 0.3) is 0 Å². The van der Waals surface area contributed by atoms with Crippen LogP contribution in [0.4, 0.5) is 0 Å². The Balaban J connectivity index is 0.000000190. The van der Waals surface area contributed by atoms with Crippen molar-refractivity contribution in [2.24, 2.45) is 0 Å². The zero-order valence-corrected chi connectivity index (χ0v) is 18.8. The maximum absolute atomic E-state index is 10.5. The molecule has 4 aromatic rings. The molecule has 0 unspecified atom stereocenters. The van der Waals surface area contributed by atoms with Gasteiger partial charge in [-0.1, -0.05) is 84.9 Å². The first kappa shape index (κ1) is 27.0. The quantitative estimate of drug-likeness (QED) is 0.288. The minimum Gasteiger partial charge on any atom is -0.478 e. The molecule has 0 bridgehead atoms. The lowest BCUT2D eigenvalue weighted by Gasteiger charge is -1.98. The van der Waals surface area contributed by atoms with E-state index in [1.54, 1.807) is 0 Å². The Kier molecular flexibility index (Phi) is 10.1. The molecule has 0 aliphatic carbocycles. The molecular weight excluding hydrogens is 464 g/mol. The van der Waals surface area contributed by atoms with Gasteiger partial charge in [-0.25, -0.2) is 19.2 Å². The lowest BCUT2D eigenvalue weighted by atomic mass is 10.1. The fourth-order valence-electron chi connectivity index (χ4n) is 2.97. The fourth-order valence-corrected chi connectivity index (χ4v) is 2.97. The van der Waals surface area contributed by atoms with Gasteiger partial charge in [0.1, 0.15) is 0 Å². The summed E-state index contributed by atoms with van der Waals surface area (Å²) in [6.45, 7) is 0. The number of carboxylic acid groups (broad SMARTS) is 4. The summed E-state index contributed by atoms with van der Waals surface area (Å²) in [4.78, 5) is 41.9. The minimum atomic E-state index is -1.23. The molecule has 182 valence electrons. The first-order valence-electron chi connectivity index (χ1n) is 10.4. The Hall–Kier alpha value is -5.24. The third-order valence-corrected chi connectivity index (χ3v) is 4.66. The Morgan fingerprint density at radius 3 is 0.722 bits per heavy atom. The molecule has 0 fully saturated rings. The molecule has 0 amide bonds. The van der Waals surface area contributed by atoms with Crippen LogP contribution in [0.5, 0.6) is 0 Å². The van der Waals surface area contributed by atoms with Gasteiger partial charge < -0.3 is 20.4 Å². The van der Waals surface area contributed by atoms with Crippen LogP contribution in [0.15, 0.2) is 109 Å². The predicted octanol–water partition coefficient (Wildman–Crippen LogP) is 5.52. The molecule has 4 N–H and O–H groups in total. The monoisotopic (exact) mass is 486 g/mol. The largest absolute Gasteiger partial charge is 0.478 e. The lowest BCUT2D eigenvalue weighted by molar-refractivity contribution is 0.0651. The highest BCUT2D eigenvalue weighted by Crippen LogP contribution is 2.17. The van der Waals surface area contributed by atoms with Gasteiger partial charge in [0.15, 0.2) is 0 Å². The van der Waals surface area contributed by atoms with Crippen LogP contribution in [0.3, 0.4) is 0 Å². The molecule has 0 saturated heterocycles. The van der Waals surface area contributed by atoms with E-state index in [1.165, 1.54) is 59.7 Å². The summed E-state index contributed by atoms with van der Waals surface area (Å²) in [5.41, 5.74) is 1.79. The number of hydrogen-bond acceptors (Lipinski definition) is 4. The Labute approximate surface area is 206 Å². The molecule has 4 aromatic carbocycles. The highest BCUT2D eigenvalue weighted by Gasteiger charge is 2.14. The van der Waals surface area contributed by atoms with E-state index in [-0.39, 0.29) is 22.3 Å². The van der Waals surface area contributed by atoms with E-state index in [0.717, 1.165) is 0 Å². The average molecular weight is 486 g/mol. The van der Waals surface area contributed by atoms with Crippen molar-refractivity contribution in [3.05, 3.63) is 131 Å². The lowest BCUT2D eigenvalue weighted by Crippen LogP contribution is -2.06. The van der Waals surface area contributed by atoms with Crippen LogP contribution in [0.1, 0.15) is 41.4 Å². The van der Waals surface area contributed by atoms with Crippen LogP contribution in [0.2, 0.25) is 0 Å². The van der Waals surface area contributed by atoms with Crippen LogP contribution < -0.4 is 0 Å². The van der Waals surface area contributed by atoms with Crippen molar-refractivity contribution in [2.45, 2.75) is 0 Å². The van der Waals surface area contributed by atoms with E-state index >= 15 is 0 Å². The molecule has 0 heterocycles. The van der Waals surface area contributed by atoms with Gasteiger partial charge in [0.2, 0.25) is 0 Å². The second-order valence-corrected chi connectivity index (χ2v) is 7.04. The molecule has 36 heavy (non-hydrogen) atoms. The number of carbonyl (C=O) groups is 4. The zero-order valence-electron chi connectivity index (χ0n) is 18.8. The second-order valence-electron chi connectivity index (χ2n) is 7.04. The maximum Gasteiger partial charge on any atom is 0.336 e. The van der Waals surface area contributed by atoms with Gasteiger partial charge in [-0.15, -0.1) is 0 Å². The van der Waals surface area contributed by atoms with Crippen LogP contribution in [0, 0.1) is 0 Å². The molecule has 0 aliphatic heterocycles. The van der Waals surface area contributed by atoms with Crippen LogP contribution in [0.25, 0.3) is 11.1 Å². The number of hydrogen-bond donors (Lipinski definition) is 4. The van der Waals surface area contributed by atoms with Crippen LogP contribution in [-0.4, -0.2) is 44.3 Å². The third-order valence-electron chi connectivity index (χ3n) is 4.66. The van der Waals surface area contributed by atoms with Crippen molar-refractivity contribution in [3.8, 4) is 11.1 Å². The second kappa shape index (κ2) is 13.5. The highest BCUT2D eigenvalue weighted by molar-refractivity contribution is 6.02. The smallest absolute Gasteiger partial charge is 0.336 e. The summed E-state index contributed by atoms with van der Waals surface area (Å²) in [6.07, 6.45) is 0. The summed E-state index contributed by atoms with van der Waals surface area (Å²) >= 11 is 0. The van der Waals surface area contributed by atoms with E-state index in [9.17, 15) is 19.2 Å². The van der Waals surface area contributed by atoms with Gasteiger partial charge in [-0.3, -0.25) is 0 Å². The molecule has 8 nitrogen and oxygen atoms in total. The number of benzene rings is 4. The van der Waals surface area contributed by atoms with Crippen molar-refractivity contribution in [1.29, 1.82) is 0 Å². The van der Waals surface area contributed by atoms with Crippen molar-refractivity contribution in [3.63, 3.8) is 0 Å². The Morgan fingerprint density at radius 2 is 0.528 bits per heavy atom. The average Bonchev–Trinajstić information content (AvgIpc) is 2.90. The summed E-state index contributed by atoms with van der Waals surface area (Å²) in [5.74, 6) is -4.91. The Bertz CT molecular complexity index is 1160. The number of carboxylic acids is 4. The van der Waals surface area contributed by atoms with Crippen LogP contribution in [-0.2, 0) is 0 Å². The summed E-state index contributed by atoms with van der Waals surface area (Å²) < 4.78 is 0. The third kappa shape index (κ3) is 7.96. The molecule has 0 atom stereocenters. The van der Waals surface area contributed by atoms with Crippen molar-refractivity contribution < 1.29 is 39.6 Å². The molecule has 0 saturated carbocycles. The van der Waals surface area contributed by atoms with E-state index in [1.807, 2.05) is 12.1 Å². The fraction of sp³-hybridized carbons (Fsp3) is 0. The molecule has 0 aromatic heterocycles. The molecule has 0 radical (unpaired) electrons. The molecule has 4 rings (SSSR count). The molecule has 8 heteroatoms.